The number of rotatable bonds is 2. The van der Waals surface area contributed by atoms with Crippen molar-refractivity contribution in [2.45, 2.75) is 13.1 Å². The number of hydrogen-bond acceptors (Lipinski definition) is 2. The fraction of sp³-hybridized carbons (Fsp3) is 0.182. The summed E-state index contributed by atoms with van der Waals surface area (Å²) < 4.78 is 35.8. The van der Waals surface area contributed by atoms with Gasteiger partial charge in [-0.05, 0) is 6.92 Å². The van der Waals surface area contributed by atoms with Gasteiger partial charge in [-0.1, -0.05) is 29.8 Å². The summed E-state index contributed by atoms with van der Waals surface area (Å²) in [6.45, 7) is 1.79. The first-order valence-electron chi connectivity index (χ1n) is 4.39. The Kier molecular flexibility index (Phi) is 3.37. The average Bonchev–Trinajstić information content (AvgIpc) is 2.17. The van der Waals surface area contributed by atoms with E-state index in [1.54, 1.807) is 19.1 Å². The van der Waals surface area contributed by atoms with E-state index >= 15 is 0 Å². The Bertz CT molecular complexity index is 416. The van der Waals surface area contributed by atoms with Crippen molar-refractivity contribution in [2.75, 3.05) is 0 Å². The maximum absolute atomic E-state index is 11.9. The topological polar surface area (TPSA) is 37.3 Å². The van der Waals surface area contributed by atoms with Crippen molar-refractivity contribution >= 4 is 5.78 Å². The van der Waals surface area contributed by atoms with Gasteiger partial charge >= 0.3 is 6.18 Å². The van der Waals surface area contributed by atoms with Gasteiger partial charge in [-0.25, -0.2) is 0 Å². The van der Waals surface area contributed by atoms with E-state index in [-0.39, 0.29) is 11.6 Å². The fourth-order valence-corrected chi connectivity index (χ4v) is 1.01. The van der Waals surface area contributed by atoms with Crippen molar-refractivity contribution < 1.29 is 23.1 Å². The van der Waals surface area contributed by atoms with Crippen LogP contribution in [0.5, 0.6) is 0 Å². The van der Waals surface area contributed by atoms with Crippen LogP contribution < -0.4 is 0 Å². The molecule has 0 saturated heterocycles. The second-order valence-corrected chi connectivity index (χ2v) is 3.26. The van der Waals surface area contributed by atoms with E-state index in [9.17, 15) is 18.0 Å². The minimum absolute atomic E-state index is 0.0985. The largest absolute Gasteiger partial charge is 0.504 e. The normalized spacial score (nSPS) is 12.6. The molecule has 1 rings (SSSR count). The third-order valence-corrected chi connectivity index (χ3v) is 1.89. The third-order valence-electron chi connectivity index (χ3n) is 1.89. The quantitative estimate of drug-likeness (QED) is 0.481. The number of aliphatic hydroxyl groups is 1. The Hall–Kier alpha value is -1.78. The lowest BCUT2D eigenvalue weighted by Gasteiger charge is -2.04. The van der Waals surface area contributed by atoms with E-state index in [1.807, 2.05) is 0 Å². The van der Waals surface area contributed by atoms with Gasteiger partial charge in [0.15, 0.2) is 5.78 Å². The number of ketones is 1. The fourth-order valence-electron chi connectivity index (χ4n) is 1.01. The molecule has 0 aliphatic rings. The van der Waals surface area contributed by atoms with Crippen LogP contribution >= 0.6 is 0 Å². The van der Waals surface area contributed by atoms with Crippen LogP contribution in [-0.2, 0) is 0 Å². The first kappa shape index (κ1) is 12.3. The molecular weight excluding hydrogens is 221 g/mol. The average molecular weight is 230 g/mol. The molecule has 0 amide bonds. The maximum Gasteiger partial charge on any atom is 0.448 e. The Morgan fingerprint density at radius 3 is 2.19 bits per heavy atom. The van der Waals surface area contributed by atoms with Crippen molar-refractivity contribution in [1.29, 1.82) is 0 Å². The van der Waals surface area contributed by atoms with Crippen LogP contribution in [0.3, 0.4) is 0 Å². The maximum atomic E-state index is 11.9. The Morgan fingerprint density at radius 1 is 1.25 bits per heavy atom. The zero-order valence-corrected chi connectivity index (χ0v) is 8.38. The summed E-state index contributed by atoms with van der Waals surface area (Å²) in [6, 6.07) is 6.01. The molecule has 1 aromatic rings. The predicted octanol–water partition coefficient (Wildman–Crippen LogP) is 3.18. The SMILES string of the molecule is Cc1ccc(C(=O)/C=C(\O)C(F)(F)F)cc1. The van der Waals surface area contributed by atoms with Gasteiger partial charge < -0.3 is 5.11 Å². The molecule has 0 aromatic heterocycles. The first-order chi connectivity index (χ1) is 7.30. The molecule has 0 fully saturated rings. The van der Waals surface area contributed by atoms with Crippen LogP contribution in [0.15, 0.2) is 36.1 Å². The van der Waals surface area contributed by atoms with Crippen LogP contribution in [-0.4, -0.2) is 17.1 Å². The summed E-state index contributed by atoms with van der Waals surface area (Å²) >= 11 is 0. The number of benzene rings is 1. The van der Waals surface area contributed by atoms with Crippen molar-refractivity contribution in [2.24, 2.45) is 0 Å². The van der Waals surface area contributed by atoms with Crippen LogP contribution in [0.25, 0.3) is 0 Å². The summed E-state index contributed by atoms with van der Waals surface area (Å²) in [5, 5.41) is 8.59. The molecule has 0 bridgehead atoms. The molecule has 0 unspecified atom stereocenters. The smallest absolute Gasteiger partial charge is 0.448 e. The van der Waals surface area contributed by atoms with Gasteiger partial charge in [-0.2, -0.15) is 13.2 Å². The molecule has 0 saturated carbocycles. The minimum atomic E-state index is -4.89. The van der Waals surface area contributed by atoms with Crippen LogP contribution in [0.2, 0.25) is 0 Å². The van der Waals surface area contributed by atoms with Crippen LogP contribution in [0.4, 0.5) is 13.2 Å². The number of hydrogen-bond donors (Lipinski definition) is 1. The molecule has 2 nitrogen and oxygen atoms in total. The van der Waals surface area contributed by atoms with E-state index in [1.165, 1.54) is 12.1 Å². The molecule has 86 valence electrons. The second-order valence-electron chi connectivity index (χ2n) is 3.26. The third kappa shape index (κ3) is 3.12. The van der Waals surface area contributed by atoms with Gasteiger partial charge in [0.1, 0.15) is 0 Å². The summed E-state index contributed by atoms with van der Waals surface area (Å²) in [5.74, 6) is -2.77. The van der Waals surface area contributed by atoms with E-state index in [2.05, 4.69) is 0 Å². The van der Waals surface area contributed by atoms with Crippen molar-refractivity contribution in [3.63, 3.8) is 0 Å². The van der Waals surface area contributed by atoms with Gasteiger partial charge in [0, 0.05) is 11.6 Å². The van der Waals surface area contributed by atoms with E-state index in [0.29, 0.717) is 0 Å². The number of halogens is 3. The van der Waals surface area contributed by atoms with Crippen molar-refractivity contribution in [1.82, 2.24) is 0 Å². The molecule has 0 spiro atoms. The molecule has 1 N–H and O–H groups in total. The molecule has 16 heavy (non-hydrogen) atoms. The minimum Gasteiger partial charge on any atom is -0.504 e. The van der Waals surface area contributed by atoms with Crippen molar-refractivity contribution in [3.05, 3.63) is 47.2 Å². The Balaban J connectivity index is 2.92. The number of alkyl halides is 3. The lowest BCUT2D eigenvalue weighted by Crippen LogP contribution is -2.13. The van der Waals surface area contributed by atoms with E-state index in [4.69, 9.17) is 5.11 Å². The monoisotopic (exact) mass is 230 g/mol. The molecular formula is C11H9F3O2. The molecule has 0 radical (unpaired) electrons. The molecule has 5 heteroatoms. The summed E-state index contributed by atoms with van der Waals surface area (Å²) in [7, 11) is 0. The second kappa shape index (κ2) is 4.38. The number of aliphatic hydroxyl groups excluding tert-OH is 1. The zero-order valence-electron chi connectivity index (χ0n) is 8.38. The highest BCUT2D eigenvalue weighted by atomic mass is 19.4. The molecule has 0 aliphatic carbocycles. The summed E-state index contributed by atoms with van der Waals surface area (Å²) in [5.41, 5.74) is 0.988. The van der Waals surface area contributed by atoms with Crippen LogP contribution in [0.1, 0.15) is 15.9 Å². The molecule has 0 heterocycles. The summed E-state index contributed by atoms with van der Waals surface area (Å²) in [6.07, 6.45) is -4.72. The number of carbonyl (C=O) groups excluding carboxylic acids is 1. The van der Waals surface area contributed by atoms with Crippen molar-refractivity contribution in [3.8, 4) is 0 Å². The predicted molar refractivity (Wildman–Crippen MR) is 52.3 cm³/mol. The lowest BCUT2D eigenvalue weighted by atomic mass is 10.1. The number of carbonyl (C=O) groups is 1. The standard InChI is InChI=1S/C11H9F3O2/c1-7-2-4-8(5-3-7)9(15)6-10(16)11(12,13)14/h2-6,16H,1H3/b10-6-. The highest BCUT2D eigenvalue weighted by Crippen LogP contribution is 2.23. The Labute approximate surface area is 90.0 Å². The molecule has 0 atom stereocenters. The van der Waals surface area contributed by atoms with Crippen LogP contribution in [0, 0.1) is 6.92 Å². The highest BCUT2D eigenvalue weighted by molar-refractivity contribution is 6.04. The lowest BCUT2D eigenvalue weighted by molar-refractivity contribution is -0.120. The Morgan fingerprint density at radius 2 is 1.75 bits per heavy atom. The first-order valence-corrected chi connectivity index (χ1v) is 4.39. The van der Waals surface area contributed by atoms with Gasteiger partial charge in [0.25, 0.3) is 0 Å². The van der Waals surface area contributed by atoms with E-state index in [0.717, 1.165) is 5.56 Å². The van der Waals surface area contributed by atoms with Gasteiger partial charge in [-0.3, -0.25) is 4.79 Å². The van der Waals surface area contributed by atoms with Gasteiger partial charge in [-0.15, -0.1) is 0 Å². The summed E-state index contributed by atoms with van der Waals surface area (Å²) in [4.78, 5) is 11.3. The van der Waals surface area contributed by atoms with Gasteiger partial charge in [0.05, 0.1) is 0 Å². The zero-order chi connectivity index (χ0) is 12.3. The molecule has 1 aromatic carbocycles. The molecule has 0 aliphatic heterocycles. The van der Waals surface area contributed by atoms with Gasteiger partial charge in [0.2, 0.25) is 5.76 Å². The van der Waals surface area contributed by atoms with E-state index < -0.39 is 17.7 Å². The number of allylic oxidation sites excluding steroid dienone is 2. The highest BCUT2D eigenvalue weighted by Gasteiger charge is 2.34. The number of aryl methyl sites for hydroxylation is 1.